The Hall–Kier alpha value is -3.76. The predicted molar refractivity (Wildman–Crippen MR) is 390 cm³/mol. The van der Waals surface area contributed by atoms with Gasteiger partial charge in [-0.1, -0.05) is 286 Å². The second-order valence-electron chi connectivity index (χ2n) is 25.2. The molecule has 19 heteroatoms. The van der Waals surface area contributed by atoms with E-state index < -0.39 is 97.5 Å². The van der Waals surface area contributed by atoms with E-state index in [4.69, 9.17) is 37.0 Å². The van der Waals surface area contributed by atoms with Gasteiger partial charge in [0.15, 0.2) is 12.2 Å². The molecule has 0 saturated carbocycles. The van der Waals surface area contributed by atoms with Gasteiger partial charge in [0, 0.05) is 25.7 Å². The largest absolute Gasteiger partial charge is 0.472 e. The Kier molecular flexibility index (Phi) is 67.0. The molecule has 0 radical (unpaired) electrons. The van der Waals surface area contributed by atoms with Gasteiger partial charge in [-0.15, -0.1) is 0 Å². The quantitative estimate of drug-likeness (QED) is 0.0169. The van der Waals surface area contributed by atoms with Gasteiger partial charge in [-0.2, -0.15) is 0 Å². The third kappa shape index (κ3) is 68.8. The fourth-order valence-electron chi connectivity index (χ4n) is 10.2. The van der Waals surface area contributed by atoms with Gasteiger partial charge in [-0.05, 0) is 96.3 Å². The fourth-order valence-corrected chi connectivity index (χ4v) is 11.7. The van der Waals surface area contributed by atoms with E-state index in [1.165, 1.54) is 109 Å². The zero-order valence-electron chi connectivity index (χ0n) is 60.5. The summed E-state index contributed by atoms with van der Waals surface area (Å²) in [5.41, 5.74) is 0. The van der Waals surface area contributed by atoms with Gasteiger partial charge in [-0.3, -0.25) is 37.3 Å². The maximum atomic E-state index is 13.1. The van der Waals surface area contributed by atoms with E-state index in [2.05, 4.69) is 113 Å². The first-order valence-electron chi connectivity index (χ1n) is 37.8. The monoisotopic (exact) mass is 1390 g/mol. The van der Waals surface area contributed by atoms with Crippen LogP contribution in [-0.4, -0.2) is 96.7 Å². The minimum atomic E-state index is -4.98. The maximum Gasteiger partial charge on any atom is 0.472 e. The van der Waals surface area contributed by atoms with Crippen molar-refractivity contribution in [2.24, 2.45) is 0 Å². The van der Waals surface area contributed by atoms with Gasteiger partial charge in [0.1, 0.15) is 19.3 Å². The number of rotatable bonds is 71. The number of aliphatic hydroxyl groups is 1. The Bertz CT molecular complexity index is 2160. The van der Waals surface area contributed by atoms with Gasteiger partial charge in [0.25, 0.3) is 0 Å². The number of unbranched alkanes of at least 4 members (excludes halogenated alkanes) is 31. The highest BCUT2D eigenvalue weighted by atomic mass is 31.2. The second-order valence-corrected chi connectivity index (χ2v) is 28.1. The SMILES string of the molecule is CC/C=C\C/C=C\C/C=C\C/C=C\CCCCC(=O)OCC(COP(=O)(O)OCC(O)COP(=O)(O)OCC(COC(=O)CCCCCCCCCCCCCCC)OC(=O)CCCCCCCCCCCCCCC)OC(=O)CCCCCCC/C=C\C/C=C\C/C=C\CC. The summed E-state index contributed by atoms with van der Waals surface area (Å²) in [5, 5.41) is 10.6. The average molecular weight is 1400 g/mol. The van der Waals surface area contributed by atoms with Crippen molar-refractivity contribution in [3.63, 3.8) is 0 Å². The average Bonchev–Trinajstić information content (AvgIpc) is 1.36. The first-order chi connectivity index (χ1) is 46.7. The fraction of sp³-hybridized carbons (Fsp3) is 0.766. The molecule has 0 bridgehead atoms. The van der Waals surface area contributed by atoms with Crippen LogP contribution in [-0.2, 0) is 65.4 Å². The number of phosphoric ester groups is 2. The minimum absolute atomic E-state index is 0.0672. The summed E-state index contributed by atoms with van der Waals surface area (Å²) in [5.74, 6) is -2.22. The molecule has 556 valence electrons. The summed E-state index contributed by atoms with van der Waals surface area (Å²) < 4.78 is 68.4. The smallest absolute Gasteiger partial charge is 0.462 e. The summed E-state index contributed by atoms with van der Waals surface area (Å²) in [6.07, 6.45) is 70.1. The molecule has 0 aliphatic rings. The molecule has 0 aliphatic carbocycles. The van der Waals surface area contributed by atoms with Gasteiger partial charge in [0.2, 0.25) is 0 Å². The molecule has 0 fully saturated rings. The van der Waals surface area contributed by atoms with Gasteiger partial charge >= 0.3 is 39.5 Å². The summed E-state index contributed by atoms with van der Waals surface area (Å²) >= 11 is 0. The molecule has 0 aromatic heterocycles. The van der Waals surface area contributed by atoms with Crippen molar-refractivity contribution in [3.8, 4) is 0 Å². The van der Waals surface area contributed by atoms with Crippen molar-refractivity contribution in [1.82, 2.24) is 0 Å². The van der Waals surface area contributed by atoms with Crippen molar-refractivity contribution >= 4 is 39.5 Å². The highest BCUT2D eigenvalue weighted by molar-refractivity contribution is 7.47. The van der Waals surface area contributed by atoms with Crippen LogP contribution < -0.4 is 0 Å². The first-order valence-corrected chi connectivity index (χ1v) is 40.8. The lowest BCUT2D eigenvalue weighted by atomic mass is 10.0. The van der Waals surface area contributed by atoms with Gasteiger partial charge in [0.05, 0.1) is 26.4 Å². The Morgan fingerprint density at radius 2 is 0.542 bits per heavy atom. The lowest BCUT2D eigenvalue weighted by Crippen LogP contribution is -2.30. The zero-order valence-corrected chi connectivity index (χ0v) is 62.3. The molecule has 3 N–H and O–H groups in total. The van der Waals surface area contributed by atoms with Crippen LogP contribution in [0.15, 0.2) is 85.1 Å². The molecule has 0 saturated heterocycles. The number of carbonyl (C=O) groups is 4. The van der Waals surface area contributed by atoms with Crippen LogP contribution in [0.1, 0.15) is 323 Å². The van der Waals surface area contributed by atoms with E-state index in [1.807, 2.05) is 0 Å². The molecule has 0 heterocycles. The van der Waals surface area contributed by atoms with Crippen LogP contribution in [0.25, 0.3) is 0 Å². The molecule has 5 atom stereocenters. The van der Waals surface area contributed by atoms with Gasteiger partial charge < -0.3 is 33.8 Å². The standard InChI is InChI=1S/C77H136O17P2/c1-5-9-13-17-21-25-29-33-35-39-42-46-50-54-58-62-75(80)88-68-73(94-77(82)64-60-56-52-48-44-40-36-34-30-26-22-18-14-10-6-2)70-92-96(85,86)90-66-71(78)65-89-95(83,84)91-69-72(93-76(81)63-59-55-51-47-43-38-32-28-24-20-16-12-8-4)67-87-74(79)61-57-53-49-45-41-37-31-27-23-19-15-11-7-3/h9-10,13-14,21-22,25-26,33-36,42,46,71-73,78H,5-8,11-12,15-20,23-24,27-32,37-41,43-45,47-70H2,1-4H3,(H,83,84)(H,85,86)/b13-9-,14-10-,25-21-,26-22-,35-33-,36-34-,46-42-. The van der Waals surface area contributed by atoms with Crippen LogP contribution >= 0.6 is 15.6 Å². The molecule has 0 aromatic rings. The summed E-state index contributed by atoms with van der Waals surface area (Å²) in [6, 6.07) is 0. The third-order valence-electron chi connectivity index (χ3n) is 15.9. The number of carbonyl (C=O) groups excluding carboxylic acids is 4. The number of hydrogen-bond donors (Lipinski definition) is 3. The zero-order chi connectivity index (χ0) is 70.4. The van der Waals surface area contributed by atoms with Crippen molar-refractivity contribution in [2.45, 2.75) is 341 Å². The third-order valence-corrected chi connectivity index (χ3v) is 17.8. The van der Waals surface area contributed by atoms with Crippen molar-refractivity contribution in [2.75, 3.05) is 39.6 Å². The maximum absolute atomic E-state index is 13.1. The minimum Gasteiger partial charge on any atom is -0.462 e. The molecular weight excluding hydrogens is 1260 g/mol. The first kappa shape index (κ1) is 92.2. The van der Waals surface area contributed by atoms with E-state index in [-0.39, 0.29) is 25.7 Å². The summed E-state index contributed by atoms with van der Waals surface area (Å²) in [7, 11) is -9.95. The van der Waals surface area contributed by atoms with E-state index >= 15 is 0 Å². The summed E-state index contributed by atoms with van der Waals surface area (Å²) in [4.78, 5) is 72.8. The lowest BCUT2D eigenvalue weighted by molar-refractivity contribution is -0.161. The molecular formula is C77H136O17P2. The normalized spacial score (nSPS) is 14.4. The number of aliphatic hydroxyl groups excluding tert-OH is 1. The number of esters is 4. The Morgan fingerprint density at radius 3 is 0.854 bits per heavy atom. The van der Waals surface area contributed by atoms with Crippen molar-refractivity contribution in [3.05, 3.63) is 85.1 Å². The molecule has 0 aromatic carbocycles. The number of phosphoric acid groups is 2. The van der Waals surface area contributed by atoms with Crippen molar-refractivity contribution < 1.29 is 80.2 Å². The summed E-state index contributed by atoms with van der Waals surface area (Å²) in [6.45, 7) is 4.61. The van der Waals surface area contributed by atoms with Crippen LogP contribution in [0.2, 0.25) is 0 Å². The number of ether oxygens (including phenoxy) is 4. The highest BCUT2D eigenvalue weighted by Gasteiger charge is 2.30. The predicted octanol–water partition coefficient (Wildman–Crippen LogP) is 21.4. The molecule has 0 rings (SSSR count). The molecule has 96 heavy (non-hydrogen) atoms. The van der Waals surface area contributed by atoms with Crippen LogP contribution in [0, 0.1) is 0 Å². The Labute approximate surface area is 583 Å². The van der Waals surface area contributed by atoms with Crippen LogP contribution in [0.3, 0.4) is 0 Å². The topological polar surface area (TPSA) is 237 Å². The van der Waals surface area contributed by atoms with Crippen LogP contribution in [0.5, 0.6) is 0 Å². The number of allylic oxidation sites excluding steroid dienone is 14. The van der Waals surface area contributed by atoms with E-state index in [0.717, 1.165) is 135 Å². The Morgan fingerprint density at radius 1 is 0.302 bits per heavy atom. The number of hydrogen-bond acceptors (Lipinski definition) is 15. The molecule has 0 aliphatic heterocycles. The van der Waals surface area contributed by atoms with Gasteiger partial charge in [-0.25, -0.2) is 9.13 Å². The van der Waals surface area contributed by atoms with E-state index in [0.29, 0.717) is 25.7 Å². The second kappa shape index (κ2) is 69.7. The lowest BCUT2D eigenvalue weighted by Gasteiger charge is -2.21. The molecule has 0 spiro atoms. The molecule has 17 nitrogen and oxygen atoms in total. The Balaban J connectivity index is 5.37. The highest BCUT2D eigenvalue weighted by Crippen LogP contribution is 2.45. The van der Waals surface area contributed by atoms with E-state index in [9.17, 15) is 43.2 Å². The van der Waals surface area contributed by atoms with Crippen LogP contribution in [0.4, 0.5) is 0 Å². The molecule has 5 unspecified atom stereocenters. The van der Waals surface area contributed by atoms with E-state index in [1.54, 1.807) is 0 Å². The van der Waals surface area contributed by atoms with Crippen molar-refractivity contribution in [1.29, 1.82) is 0 Å². The molecule has 0 amide bonds.